The summed E-state index contributed by atoms with van der Waals surface area (Å²) in [7, 11) is 0. The number of carbonyl (C=O) groups is 1. The Balaban J connectivity index is 1.53. The number of amides is 1. The Kier molecular flexibility index (Phi) is 15.7. The minimum atomic E-state index is -1.34. The van der Waals surface area contributed by atoms with Gasteiger partial charge in [0.25, 0.3) is 0 Å². The fourth-order valence-electron chi connectivity index (χ4n) is 9.17. The number of oxime groups is 1. The van der Waals surface area contributed by atoms with Gasteiger partial charge in [-0.15, -0.1) is 13.2 Å². The number of unbranched alkanes of at least 4 members (excludes halogenated alkanes) is 2. The zero-order chi connectivity index (χ0) is 39.3. The molecule has 12 nitrogen and oxygen atoms in total. The zero-order valence-corrected chi connectivity index (χ0v) is 33.5. The molecule has 1 aromatic carbocycles. The molecular weight excluding hydrogens is 714 g/mol. The first-order valence-electron chi connectivity index (χ1n) is 21.2. The van der Waals surface area contributed by atoms with E-state index in [2.05, 4.69) is 30.2 Å². The normalized spacial score (nSPS) is 28.6. The summed E-state index contributed by atoms with van der Waals surface area (Å²) in [6.07, 6.45) is 14.1. The number of nitrogens with zero attached hydrogens (tertiary/aromatic N) is 3. The lowest BCUT2D eigenvalue weighted by molar-refractivity contribution is -0.255. The van der Waals surface area contributed by atoms with E-state index in [1.54, 1.807) is 17.1 Å². The number of carbonyl (C=O) groups excluding carboxylic acids is 1. The number of aliphatic hydroxyl groups is 2. The molecule has 3 heterocycles. The van der Waals surface area contributed by atoms with Crippen LogP contribution in [-0.2, 0) is 19.0 Å². The number of hydrogen-bond donors (Lipinski definition) is 2. The molecule has 2 aliphatic carbocycles. The monoisotopic (exact) mass is 779 g/mol. The zero-order valence-electron chi connectivity index (χ0n) is 33.5. The first-order valence-corrected chi connectivity index (χ1v) is 21.2. The van der Waals surface area contributed by atoms with Crippen molar-refractivity contribution >= 4 is 11.8 Å². The van der Waals surface area contributed by atoms with Gasteiger partial charge in [-0.2, -0.15) is 0 Å². The molecule has 0 aromatic heterocycles. The molecule has 310 valence electrons. The van der Waals surface area contributed by atoms with Crippen LogP contribution in [-0.4, -0.2) is 116 Å². The van der Waals surface area contributed by atoms with E-state index in [1.165, 1.54) is 0 Å². The molecule has 0 spiro atoms. The van der Waals surface area contributed by atoms with Crippen LogP contribution in [0.4, 0.5) is 4.79 Å². The second kappa shape index (κ2) is 20.8. The van der Waals surface area contributed by atoms with Crippen LogP contribution < -0.4 is 9.47 Å². The van der Waals surface area contributed by atoms with E-state index in [4.69, 9.17) is 33.7 Å². The van der Waals surface area contributed by atoms with Crippen molar-refractivity contribution in [2.45, 2.75) is 108 Å². The number of hydrogen-bond acceptors (Lipinski definition) is 11. The molecular formula is C44H65N3O9. The highest BCUT2D eigenvalue weighted by molar-refractivity contribution is 6.03. The molecule has 1 amide bonds. The van der Waals surface area contributed by atoms with E-state index >= 15 is 0 Å². The fraction of sp³-hybridized carbons (Fsp3) is 0.682. The van der Waals surface area contributed by atoms with Crippen LogP contribution in [0.2, 0.25) is 0 Å². The summed E-state index contributed by atoms with van der Waals surface area (Å²) in [4.78, 5) is 24.5. The summed E-state index contributed by atoms with van der Waals surface area (Å²) in [6, 6.07) is 5.47. The van der Waals surface area contributed by atoms with Crippen molar-refractivity contribution in [3.63, 3.8) is 0 Å². The lowest BCUT2D eigenvalue weighted by atomic mass is 9.55. The summed E-state index contributed by atoms with van der Waals surface area (Å²) >= 11 is 0. The number of rotatable bonds is 23. The van der Waals surface area contributed by atoms with Gasteiger partial charge in [0.05, 0.1) is 31.5 Å². The van der Waals surface area contributed by atoms with E-state index in [9.17, 15) is 15.0 Å². The van der Waals surface area contributed by atoms with Crippen LogP contribution in [0.25, 0.3) is 0 Å². The topological polar surface area (TPSA) is 132 Å². The average Bonchev–Trinajstić information content (AvgIpc) is 4.05. The Labute approximate surface area is 333 Å². The molecule has 0 radical (unpaired) electrons. The minimum absolute atomic E-state index is 0.123. The van der Waals surface area contributed by atoms with Gasteiger partial charge in [0.2, 0.25) is 12.1 Å². The molecule has 2 N–H and O–H groups in total. The highest BCUT2D eigenvalue weighted by Crippen LogP contribution is 2.62. The van der Waals surface area contributed by atoms with Crippen LogP contribution >= 0.6 is 0 Å². The number of aliphatic hydroxyl groups excluding tert-OH is 2. The van der Waals surface area contributed by atoms with Gasteiger partial charge in [0.1, 0.15) is 24.1 Å². The first-order chi connectivity index (χ1) is 27.5. The van der Waals surface area contributed by atoms with Crippen LogP contribution in [0.3, 0.4) is 0 Å². The molecule has 56 heavy (non-hydrogen) atoms. The Hall–Kier alpha value is -3.42. The molecule has 0 bridgehead atoms. The number of benzene rings is 1. The largest absolute Gasteiger partial charge is 0.492 e. The number of fused-ring (bicyclic) bond motifs is 2. The van der Waals surface area contributed by atoms with Gasteiger partial charge in [-0.05, 0) is 87.0 Å². The third kappa shape index (κ3) is 9.99. The summed E-state index contributed by atoms with van der Waals surface area (Å²) in [5.74, 6) is -0.121. The molecule has 5 aliphatic rings. The van der Waals surface area contributed by atoms with Crippen molar-refractivity contribution in [2.24, 2.45) is 22.9 Å². The SMILES string of the molecule is C=CCCOC(=O)N(CCC)C1CC(=NOC2CCCCO2)C2=CC(CCCCO)C(CCCCO)C3c4cc(OCCN5CC5)ccc4OC1(OCC=C)C23. The van der Waals surface area contributed by atoms with Gasteiger partial charge in [0, 0.05) is 63.7 Å². The van der Waals surface area contributed by atoms with Gasteiger partial charge in [-0.3, -0.25) is 9.80 Å². The Morgan fingerprint density at radius 2 is 1.91 bits per heavy atom. The molecule has 12 heteroatoms. The summed E-state index contributed by atoms with van der Waals surface area (Å²) in [5.41, 5.74) is 2.78. The summed E-state index contributed by atoms with van der Waals surface area (Å²) < 4.78 is 32.6. The molecule has 1 saturated carbocycles. The third-order valence-electron chi connectivity index (χ3n) is 11.9. The number of allylic oxidation sites excluding steroid dienone is 1. The first kappa shape index (κ1) is 42.2. The van der Waals surface area contributed by atoms with Crippen molar-refractivity contribution < 1.29 is 43.5 Å². The fourth-order valence-corrected chi connectivity index (χ4v) is 9.17. The number of ether oxygens (including phenoxy) is 5. The highest BCUT2D eigenvalue weighted by Gasteiger charge is 2.65. The highest BCUT2D eigenvalue weighted by atomic mass is 16.8. The van der Waals surface area contributed by atoms with Crippen LogP contribution in [0.5, 0.6) is 11.5 Å². The maximum absolute atomic E-state index is 14.2. The predicted molar refractivity (Wildman–Crippen MR) is 215 cm³/mol. The van der Waals surface area contributed by atoms with Crippen LogP contribution in [0.15, 0.2) is 60.3 Å². The minimum Gasteiger partial charge on any atom is -0.492 e. The lowest BCUT2D eigenvalue weighted by Gasteiger charge is -2.60. The van der Waals surface area contributed by atoms with Gasteiger partial charge < -0.3 is 38.7 Å². The second-order valence-electron chi connectivity index (χ2n) is 15.7. The van der Waals surface area contributed by atoms with E-state index in [-0.39, 0.29) is 44.2 Å². The molecule has 1 aromatic rings. The summed E-state index contributed by atoms with van der Waals surface area (Å²) in [5, 5.41) is 24.7. The van der Waals surface area contributed by atoms with E-state index < -0.39 is 30.1 Å². The van der Waals surface area contributed by atoms with Gasteiger partial charge >= 0.3 is 6.09 Å². The molecule has 3 fully saturated rings. The molecule has 2 saturated heterocycles. The van der Waals surface area contributed by atoms with Crippen molar-refractivity contribution in [1.29, 1.82) is 0 Å². The Bertz CT molecular complexity index is 1510. The average molecular weight is 780 g/mol. The van der Waals surface area contributed by atoms with Crippen molar-refractivity contribution in [2.75, 3.05) is 65.8 Å². The quantitative estimate of drug-likeness (QED) is 0.0520. The maximum Gasteiger partial charge on any atom is 0.410 e. The van der Waals surface area contributed by atoms with Gasteiger partial charge in [0.15, 0.2) is 0 Å². The van der Waals surface area contributed by atoms with Crippen molar-refractivity contribution in [3.05, 3.63) is 60.7 Å². The van der Waals surface area contributed by atoms with Crippen LogP contribution in [0, 0.1) is 17.8 Å². The van der Waals surface area contributed by atoms with E-state index in [0.29, 0.717) is 57.6 Å². The molecule has 7 unspecified atom stereocenters. The Morgan fingerprint density at radius 1 is 1.09 bits per heavy atom. The second-order valence-corrected chi connectivity index (χ2v) is 15.7. The Morgan fingerprint density at radius 3 is 2.62 bits per heavy atom. The smallest absolute Gasteiger partial charge is 0.410 e. The van der Waals surface area contributed by atoms with Gasteiger partial charge in [-0.1, -0.05) is 43.1 Å². The standard InChI is InChI=1S/C44H65N3O9/c1-4-7-26-53-43(50)47(19-5-2)39-31-37(45-56-40-16-10-13-27-52-40)35-29-32(14-8-11-23-48)34(15-9-12-24-49)41-36-30-33(51-28-22-46-20-21-46)17-18-38(36)55-44(39,42(35)41)54-25-6-3/h4,6,17-18,29-30,32,34,39-42,48-49H,1,3,5,7-16,19-28,31H2,2H3. The summed E-state index contributed by atoms with van der Waals surface area (Å²) in [6.45, 7) is 15.3. The van der Waals surface area contributed by atoms with Crippen molar-refractivity contribution in [1.82, 2.24) is 9.80 Å². The maximum atomic E-state index is 14.2. The van der Waals surface area contributed by atoms with E-state index in [1.807, 2.05) is 19.1 Å². The predicted octanol–water partition coefficient (Wildman–Crippen LogP) is 6.97. The van der Waals surface area contributed by atoms with Crippen LogP contribution in [0.1, 0.15) is 95.5 Å². The molecule has 3 aliphatic heterocycles. The van der Waals surface area contributed by atoms with E-state index in [0.717, 1.165) is 87.2 Å². The van der Waals surface area contributed by atoms with Crippen molar-refractivity contribution in [3.8, 4) is 11.5 Å². The molecule has 7 atom stereocenters. The molecule has 6 rings (SSSR count). The van der Waals surface area contributed by atoms with Gasteiger partial charge in [-0.25, -0.2) is 4.79 Å². The third-order valence-corrected chi connectivity index (χ3v) is 11.9. The lowest BCUT2D eigenvalue weighted by Crippen LogP contribution is -2.70.